The van der Waals surface area contributed by atoms with Crippen molar-refractivity contribution in [3.05, 3.63) is 40.8 Å². The van der Waals surface area contributed by atoms with Gasteiger partial charge in [0.1, 0.15) is 11.6 Å². The third-order valence-corrected chi connectivity index (χ3v) is 4.93. The van der Waals surface area contributed by atoms with Crippen molar-refractivity contribution < 1.29 is 18.7 Å². The molecule has 4 rings (SSSR count). The van der Waals surface area contributed by atoms with Gasteiger partial charge < -0.3 is 14.5 Å². The van der Waals surface area contributed by atoms with Gasteiger partial charge >= 0.3 is 5.63 Å². The van der Waals surface area contributed by atoms with Crippen LogP contribution >= 0.6 is 0 Å². The van der Waals surface area contributed by atoms with E-state index in [2.05, 4.69) is 5.32 Å². The molecule has 1 aromatic carbocycles. The number of fused-ring (bicyclic) bond motifs is 1. The normalized spacial score (nSPS) is 22.9. The van der Waals surface area contributed by atoms with E-state index in [9.17, 15) is 14.4 Å². The number of hydrogen-bond acceptors (Lipinski definition) is 5. The number of hydrogen-bond donors (Lipinski definition) is 1. The van der Waals surface area contributed by atoms with Crippen LogP contribution in [0.4, 0.5) is 5.69 Å². The topological polar surface area (TPSA) is 88.9 Å². The average molecular weight is 356 g/mol. The van der Waals surface area contributed by atoms with Gasteiger partial charge in [-0.15, -0.1) is 0 Å². The molecule has 1 aromatic heterocycles. The zero-order chi connectivity index (χ0) is 18.1. The molecule has 0 unspecified atom stereocenters. The van der Waals surface area contributed by atoms with Gasteiger partial charge in [-0.05, 0) is 31.4 Å². The van der Waals surface area contributed by atoms with Crippen LogP contribution in [-0.2, 0) is 14.3 Å². The van der Waals surface area contributed by atoms with Crippen LogP contribution in [0.25, 0.3) is 11.0 Å². The van der Waals surface area contributed by atoms with E-state index in [4.69, 9.17) is 9.15 Å². The van der Waals surface area contributed by atoms with E-state index >= 15 is 0 Å². The molecule has 0 bridgehead atoms. The molecule has 1 N–H and O–H groups in total. The third kappa shape index (κ3) is 3.10. The number of carbonyl (C=O) groups is 2. The smallest absolute Gasteiger partial charge is 0.338 e. The van der Waals surface area contributed by atoms with Crippen LogP contribution in [0.2, 0.25) is 0 Å². The lowest BCUT2D eigenvalue weighted by atomic mass is 10.1. The fraction of sp³-hybridized carbons (Fsp3) is 0.421. The number of carbonyl (C=O) groups excluding carboxylic acids is 2. The van der Waals surface area contributed by atoms with Crippen LogP contribution in [0.5, 0.6) is 0 Å². The fourth-order valence-corrected chi connectivity index (χ4v) is 3.67. The van der Waals surface area contributed by atoms with E-state index < -0.39 is 11.7 Å². The maximum absolute atomic E-state index is 12.7. The molecule has 3 heterocycles. The first kappa shape index (κ1) is 16.8. The predicted octanol–water partition coefficient (Wildman–Crippen LogP) is 1.58. The minimum atomic E-state index is -0.630. The summed E-state index contributed by atoms with van der Waals surface area (Å²) in [5, 5.41) is 3.53. The van der Waals surface area contributed by atoms with Crippen LogP contribution in [0.1, 0.15) is 25.7 Å². The first-order valence-electron chi connectivity index (χ1n) is 8.88. The fourth-order valence-electron chi connectivity index (χ4n) is 3.67. The van der Waals surface area contributed by atoms with Crippen molar-refractivity contribution in [2.24, 2.45) is 0 Å². The van der Waals surface area contributed by atoms with Crippen LogP contribution in [0.3, 0.4) is 0 Å². The van der Waals surface area contributed by atoms with Gasteiger partial charge in [-0.2, -0.15) is 0 Å². The number of nitrogens with zero attached hydrogens (tertiary/aromatic N) is 1. The summed E-state index contributed by atoms with van der Waals surface area (Å²) in [6, 6.07) is 7.67. The molecule has 2 saturated heterocycles. The maximum Gasteiger partial charge on any atom is 0.338 e. The van der Waals surface area contributed by atoms with Crippen LogP contribution in [0.15, 0.2) is 39.5 Å². The Hall–Kier alpha value is -2.67. The monoisotopic (exact) mass is 356 g/mol. The Bertz CT molecular complexity index is 900. The largest absolute Gasteiger partial charge is 0.423 e. The molecule has 0 aliphatic carbocycles. The Morgan fingerprint density at radius 1 is 1.23 bits per heavy atom. The molecule has 26 heavy (non-hydrogen) atoms. The number of para-hydroxylation sites is 1. The maximum atomic E-state index is 12.7. The minimum absolute atomic E-state index is 0.0362. The highest BCUT2D eigenvalue weighted by Gasteiger charge is 2.38. The number of anilines is 1. The minimum Gasteiger partial charge on any atom is -0.423 e. The van der Waals surface area contributed by atoms with Gasteiger partial charge in [0, 0.05) is 31.0 Å². The Morgan fingerprint density at radius 2 is 2.08 bits per heavy atom. The summed E-state index contributed by atoms with van der Waals surface area (Å²) in [7, 11) is 0. The van der Waals surface area contributed by atoms with Gasteiger partial charge in [0.15, 0.2) is 0 Å². The van der Waals surface area contributed by atoms with E-state index in [1.54, 1.807) is 24.3 Å². The predicted molar refractivity (Wildman–Crippen MR) is 95.0 cm³/mol. The van der Waals surface area contributed by atoms with Crippen LogP contribution < -0.4 is 15.8 Å². The molecule has 2 aliphatic heterocycles. The highest BCUT2D eigenvalue weighted by Crippen LogP contribution is 2.32. The lowest BCUT2D eigenvalue weighted by Crippen LogP contribution is -2.46. The summed E-state index contributed by atoms with van der Waals surface area (Å²) < 4.78 is 10.7. The molecule has 2 atom stereocenters. The van der Waals surface area contributed by atoms with Gasteiger partial charge in [-0.1, -0.05) is 12.1 Å². The van der Waals surface area contributed by atoms with Crippen molar-refractivity contribution in [1.29, 1.82) is 0 Å². The Balaban J connectivity index is 1.62. The van der Waals surface area contributed by atoms with Gasteiger partial charge in [0.2, 0.25) is 11.8 Å². The van der Waals surface area contributed by atoms with Gasteiger partial charge in [0.25, 0.3) is 0 Å². The summed E-state index contributed by atoms with van der Waals surface area (Å²) in [6.07, 6.45) is 2.66. The summed E-state index contributed by atoms with van der Waals surface area (Å²) in [5.74, 6) is -0.387. The molecular formula is C19H20N2O5. The molecule has 0 saturated carbocycles. The summed E-state index contributed by atoms with van der Waals surface area (Å²) in [4.78, 5) is 38.5. The van der Waals surface area contributed by atoms with Crippen molar-refractivity contribution >= 4 is 28.5 Å². The summed E-state index contributed by atoms with van der Waals surface area (Å²) in [5.41, 5.74) is 0.279. The van der Waals surface area contributed by atoms with E-state index in [1.165, 1.54) is 11.0 Å². The number of rotatable bonds is 4. The van der Waals surface area contributed by atoms with Crippen molar-refractivity contribution in [3.63, 3.8) is 0 Å². The Kier molecular flexibility index (Phi) is 4.46. The van der Waals surface area contributed by atoms with Crippen LogP contribution in [-0.4, -0.2) is 37.1 Å². The second kappa shape index (κ2) is 6.92. The van der Waals surface area contributed by atoms with Crippen molar-refractivity contribution in [2.45, 2.75) is 37.8 Å². The highest BCUT2D eigenvalue weighted by atomic mass is 16.5. The zero-order valence-electron chi connectivity index (χ0n) is 14.3. The Morgan fingerprint density at radius 3 is 2.88 bits per heavy atom. The number of ether oxygens (including phenoxy) is 1. The van der Waals surface area contributed by atoms with E-state index in [0.717, 1.165) is 19.4 Å². The molecule has 2 aromatic rings. The molecule has 2 fully saturated rings. The van der Waals surface area contributed by atoms with E-state index in [1.807, 2.05) is 0 Å². The molecule has 0 spiro atoms. The first-order chi connectivity index (χ1) is 12.6. The lowest BCUT2D eigenvalue weighted by molar-refractivity contribution is -0.124. The molecule has 0 radical (unpaired) electrons. The number of benzene rings is 1. The zero-order valence-corrected chi connectivity index (χ0v) is 14.3. The number of nitrogens with one attached hydrogen (secondary N) is 1. The molecule has 2 aliphatic rings. The quantitative estimate of drug-likeness (QED) is 0.841. The van der Waals surface area contributed by atoms with E-state index in [0.29, 0.717) is 29.6 Å². The second-order valence-electron chi connectivity index (χ2n) is 6.65. The van der Waals surface area contributed by atoms with Gasteiger partial charge in [-0.3, -0.25) is 14.5 Å². The first-order valence-corrected chi connectivity index (χ1v) is 8.88. The van der Waals surface area contributed by atoms with Gasteiger partial charge in [-0.25, -0.2) is 4.79 Å². The molecule has 7 heteroatoms. The lowest BCUT2D eigenvalue weighted by Gasteiger charge is -2.25. The highest BCUT2D eigenvalue weighted by molar-refractivity contribution is 6.08. The summed E-state index contributed by atoms with van der Waals surface area (Å²) >= 11 is 0. The van der Waals surface area contributed by atoms with Crippen molar-refractivity contribution in [1.82, 2.24) is 5.32 Å². The Labute approximate surface area is 149 Å². The van der Waals surface area contributed by atoms with E-state index in [-0.39, 0.29) is 24.3 Å². The molecule has 136 valence electrons. The molecule has 2 amide bonds. The van der Waals surface area contributed by atoms with Gasteiger partial charge in [0.05, 0.1) is 11.8 Å². The average Bonchev–Trinajstić information content (AvgIpc) is 3.28. The standard InChI is InChI=1S/C19H20N2O5/c22-17-8-7-14(19(24)20-11-12-4-3-9-25-12)21(17)15-10-18(23)26-16-6-2-1-5-13(15)16/h1-2,5-6,10,12,14H,3-4,7-9,11H2,(H,20,24)/t12-,14-/m0/s1. The number of amides is 2. The molecular weight excluding hydrogens is 336 g/mol. The SMILES string of the molecule is O=C(NC[C@@H]1CCCO1)[C@@H]1CCC(=O)N1c1cc(=O)oc2ccccc12. The van der Waals surface area contributed by atoms with Crippen LogP contribution in [0, 0.1) is 0 Å². The molecule has 7 nitrogen and oxygen atoms in total. The van der Waals surface area contributed by atoms with Crippen molar-refractivity contribution in [2.75, 3.05) is 18.1 Å². The second-order valence-corrected chi connectivity index (χ2v) is 6.65. The van der Waals surface area contributed by atoms with Crippen molar-refractivity contribution in [3.8, 4) is 0 Å². The third-order valence-electron chi connectivity index (χ3n) is 4.93. The summed E-state index contributed by atoms with van der Waals surface area (Å²) in [6.45, 7) is 1.16.